The average molecular weight is 295 g/mol. The lowest BCUT2D eigenvalue weighted by Gasteiger charge is -2.23. The summed E-state index contributed by atoms with van der Waals surface area (Å²) in [7, 11) is 3.16. The summed E-state index contributed by atoms with van der Waals surface area (Å²) in [5.41, 5.74) is 2.60. The molecule has 1 aromatic rings. The molecule has 0 fully saturated rings. The quantitative estimate of drug-likeness (QED) is 0.801. The maximum atomic E-state index is 12.5. The molecule has 0 aromatic carbocycles. The van der Waals surface area contributed by atoms with Gasteiger partial charge in [0.15, 0.2) is 6.29 Å². The van der Waals surface area contributed by atoms with Crippen LogP contribution in [-0.4, -0.2) is 30.5 Å². The van der Waals surface area contributed by atoms with E-state index in [0.717, 1.165) is 31.4 Å². The number of fused-ring (bicyclic) bond motifs is 1. The van der Waals surface area contributed by atoms with E-state index in [4.69, 9.17) is 14.2 Å². The van der Waals surface area contributed by atoms with E-state index in [-0.39, 0.29) is 6.09 Å². The van der Waals surface area contributed by atoms with E-state index < -0.39 is 11.9 Å². The molecule has 5 heteroatoms. The van der Waals surface area contributed by atoms with Crippen molar-refractivity contribution in [3.8, 4) is 0 Å². The van der Waals surface area contributed by atoms with Crippen molar-refractivity contribution in [3.63, 3.8) is 0 Å². The summed E-state index contributed by atoms with van der Waals surface area (Å²) >= 11 is 0. The standard InChI is InChI=1S/C16H25NO4/c1-16(2,3)21-15(18)17-10-11-8-6-7-9-12(11)13(17)14(19-4)20-5/h10,14H,6-9H2,1-5H3. The van der Waals surface area contributed by atoms with Crippen molar-refractivity contribution >= 4 is 6.09 Å². The van der Waals surface area contributed by atoms with Crippen molar-refractivity contribution in [1.29, 1.82) is 0 Å². The van der Waals surface area contributed by atoms with Gasteiger partial charge in [0.1, 0.15) is 5.60 Å². The van der Waals surface area contributed by atoms with Gasteiger partial charge in [-0.15, -0.1) is 0 Å². The molecule has 0 bridgehead atoms. The SMILES string of the molecule is COC(OC)c1c2c(cn1C(=O)OC(C)(C)C)CCCC2. The number of ether oxygens (including phenoxy) is 3. The zero-order valence-electron chi connectivity index (χ0n) is 13.6. The smallest absolute Gasteiger partial charge is 0.418 e. The van der Waals surface area contributed by atoms with Crippen molar-refractivity contribution in [3.05, 3.63) is 23.0 Å². The minimum Gasteiger partial charge on any atom is -0.443 e. The summed E-state index contributed by atoms with van der Waals surface area (Å²) in [6.07, 6.45) is 5.14. The lowest BCUT2D eigenvalue weighted by molar-refractivity contribution is -0.110. The van der Waals surface area contributed by atoms with Crippen LogP contribution >= 0.6 is 0 Å². The van der Waals surface area contributed by atoms with Crippen molar-refractivity contribution in [2.24, 2.45) is 0 Å². The third-order valence-corrected chi connectivity index (χ3v) is 3.61. The second-order valence-corrected chi connectivity index (χ2v) is 6.38. The Kier molecular flexibility index (Phi) is 4.74. The first-order chi connectivity index (χ1) is 9.87. The van der Waals surface area contributed by atoms with Gasteiger partial charge < -0.3 is 14.2 Å². The lowest BCUT2D eigenvalue weighted by Crippen LogP contribution is -2.28. The molecule has 5 nitrogen and oxygen atoms in total. The van der Waals surface area contributed by atoms with Gasteiger partial charge in [0.2, 0.25) is 0 Å². The number of hydrogen-bond acceptors (Lipinski definition) is 4. The predicted molar refractivity (Wildman–Crippen MR) is 79.5 cm³/mol. The fourth-order valence-electron chi connectivity index (χ4n) is 2.77. The van der Waals surface area contributed by atoms with Crippen LogP contribution in [0.15, 0.2) is 6.20 Å². The first-order valence-electron chi connectivity index (χ1n) is 7.39. The third-order valence-electron chi connectivity index (χ3n) is 3.61. The largest absolute Gasteiger partial charge is 0.443 e. The number of aryl methyl sites for hydroxylation is 1. The molecule has 0 saturated carbocycles. The van der Waals surface area contributed by atoms with Gasteiger partial charge in [-0.3, -0.25) is 4.57 Å². The molecule has 1 aliphatic rings. The summed E-state index contributed by atoms with van der Waals surface area (Å²) in [5, 5.41) is 0. The molecule has 0 spiro atoms. The lowest BCUT2D eigenvalue weighted by atomic mass is 9.94. The van der Waals surface area contributed by atoms with Crippen LogP contribution < -0.4 is 0 Å². The Morgan fingerprint density at radius 2 is 1.81 bits per heavy atom. The Morgan fingerprint density at radius 3 is 2.38 bits per heavy atom. The van der Waals surface area contributed by atoms with Crippen molar-refractivity contribution in [2.45, 2.75) is 58.3 Å². The van der Waals surface area contributed by atoms with E-state index in [0.29, 0.717) is 0 Å². The number of hydrogen-bond donors (Lipinski definition) is 0. The number of carbonyl (C=O) groups excluding carboxylic acids is 1. The van der Waals surface area contributed by atoms with Gasteiger partial charge in [-0.2, -0.15) is 0 Å². The summed E-state index contributed by atoms with van der Waals surface area (Å²) in [6.45, 7) is 5.58. The molecule has 1 heterocycles. The second-order valence-electron chi connectivity index (χ2n) is 6.38. The van der Waals surface area contributed by atoms with Gasteiger partial charge in [-0.05, 0) is 57.6 Å². The van der Waals surface area contributed by atoms with Crippen LogP contribution in [0, 0.1) is 0 Å². The number of methoxy groups -OCH3 is 2. The van der Waals surface area contributed by atoms with Gasteiger partial charge in [-0.25, -0.2) is 4.79 Å². The highest BCUT2D eigenvalue weighted by Gasteiger charge is 2.29. The van der Waals surface area contributed by atoms with Gasteiger partial charge >= 0.3 is 6.09 Å². The molecule has 0 aliphatic heterocycles. The fourth-order valence-corrected chi connectivity index (χ4v) is 2.77. The van der Waals surface area contributed by atoms with Crippen LogP contribution in [0.3, 0.4) is 0 Å². The predicted octanol–water partition coefficient (Wildman–Crippen LogP) is 3.44. The molecule has 0 amide bonds. The molecule has 0 atom stereocenters. The Morgan fingerprint density at radius 1 is 1.19 bits per heavy atom. The first-order valence-corrected chi connectivity index (χ1v) is 7.39. The zero-order valence-corrected chi connectivity index (χ0v) is 13.6. The van der Waals surface area contributed by atoms with Gasteiger partial charge in [0, 0.05) is 20.4 Å². The molecule has 118 valence electrons. The Hall–Kier alpha value is -1.33. The van der Waals surface area contributed by atoms with Crippen LogP contribution in [0.25, 0.3) is 0 Å². The average Bonchev–Trinajstić information content (AvgIpc) is 2.78. The molecular weight excluding hydrogens is 270 g/mol. The molecule has 2 rings (SSSR count). The van der Waals surface area contributed by atoms with Gasteiger partial charge in [-0.1, -0.05) is 0 Å². The highest BCUT2D eigenvalue weighted by atomic mass is 16.7. The Bertz CT molecular complexity index is 509. The van der Waals surface area contributed by atoms with Crippen LogP contribution in [-0.2, 0) is 27.1 Å². The van der Waals surface area contributed by atoms with E-state index in [9.17, 15) is 4.79 Å². The summed E-state index contributed by atoms with van der Waals surface area (Å²) in [5.74, 6) is 0. The molecule has 1 aromatic heterocycles. The van der Waals surface area contributed by atoms with Crippen LogP contribution in [0.1, 0.15) is 56.7 Å². The summed E-state index contributed by atoms with van der Waals surface area (Å²) < 4.78 is 17.8. The van der Waals surface area contributed by atoms with Crippen LogP contribution in [0.4, 0.5) is 4.79 Å². The number of carbonyl (C=O) groups is 1. The molecular formula is C16H25NO4. The maximum Gasteiger partial charge on any atom is 0.418 e. The first kappa shape index (κ1) is 16.0. The van der Waals surface area contributed by atoms with Crippen LogP contribution in [0.5, 0.6) is 0 Å². The number of rotatable bonds is 3. The van der Waals surface area contributed by atoms with Gasteiger partial charge in [0.25, 0.3) is 0 Å². The summed E-state index contributed by atoms with van der Waals surface area (Å²) in [4.78, 5) is 12.5. The molecule has 0 saturated heterocycles. The zero-order chi connectivity index (χ0) is 15.6. The minimum absolute atomic E-state index is 0.383. The van der Waals surface area contributed by atoms with Crippen molar-refractivity contribution in [2.75, 3.05) is 14.2 Å². The topological polar surface area (TPSA) is 49.7 Å². The molecule has 0 unspecified atom stereocenters. The van der Waals surface area contributed by atoms with E-state index in [1.165, 1.54) is 11.1 Å². The van der Waals surface area contributed by atoms with Crippen LogP contribution in [0.2, 0.25) is 0 Å². The Labute approximate surface area is 126 Å². The monoisotopic (exact) mass is 295 g/mol. The number of aromatic nitrogens is 1. The van der Waals surface area contributed by atoms with E-state index in [1.54, 1.807) is 18.8 Å². The second kappa shape index (κ2) is 6.20. The van der Waals surface area contributed by atoms with E-state index in [2.05, 4.69) is 0 Å². The normalized spacial score (nSPS) is 15.1. The van der Waals surface area contributed by atoms with E-state index >= 15 is 0 Å². The fraction of sp³-hybridized carbons (Fsp3) is 0.688. The third kappa shape index (κ3) is 3.47. The van der Waals surface area contributed by atoms with Gasteiger partial charge in [0.05, 0.1) is 5.69 Å². The minimum atomic E-state index is -0.556. The molecule has 1 aliphatic carbocycles. The number of nitrogens with zero attached hydrogens (tertiary/aromatic N) is 1. The summed E-state index contributed by atoms with van der Waals surface area (Å²) in [6, 6.07) is 0. The van der Waals surface area contributed by atoms with Crippen molar-refractivity contribution < 1.29 is 19.0 Å². The Balaban J connectivity index is 2.44. The van der Waals surface area contributed by atoms with Crippen molar-refractivity contribution in [1.82, 2.24) is 4.57 Å². The highest BCUT2D eigenvalue weighted by molar-refractivity contribution is 5.73. The molecule has 21 heavy (non-hydrogen) atoms. The molecule has 0 N–H and O–H groups in total. The molecule has 0 radical (unpaired) electrons. The highest BCUT2D eigenvalue weighted by Crippen LogP contribution is 2.32. The maximum absolute atomic E-state index is 12.5. The van der Waals surface area contributed by atoms with E-state index in [1.807, 2.05) is 27.0 Å².